The van der Waals surface area contributed by atoms with Crippen LogP contribution < -0.4 is 9.80 Å². The van der Waals surface area contributed by atoms with Gasteiger partial charge in [-0.2, -0.15) is 0 Å². The minimum absolute atomic E-state index is 0.0107. The number of rotatable bonds is 4. The molecule has 1 heterocycles. The summed E-state index contributed by atoms with van der Waals surface area (Å²) in [4.78, 5) is 29.0. The van der Waals surface area contributed by atoms with E-state index in [0.717, 1.165) is 29.8 Å². The highest BCUT2D eigenvalue weighted by Crippen LogP contribution is 2.42. The maximum absolute atomic E-state index is 12.7. The lowest BCUT2D eigenvalue weighted by atomic mass is 9.89. The summed E-state index contributed by atoms with van der Waals surface area (Å²) >= 11 is 0. The topological polar surface area (TPSA) is 40.6 Å². The SMILES string of the molecule is CCCC(=O)N1c2ccccc2[C@H](N(C(C)=O)c2ccccc2)C[C@H]1C. The van der Waals surface area contributed by atoms with Crippen LogP contribution in [0.4, 0.5) is 11.4 Å². The van der Waals surface area contributed by atoms with Crippen LogP contribution in [0.15, 0.2) is 54.6 Å². The molecule has 2 amide bonds. The first kappa shape index (κ1) is 18.2. The predicted molar refractivity (Wildman–Crippen MR) is 105 cm³/mol. The van der Waals surface area contributed by atoms with Crippen molar-refractivity contribution in [3.8, 4) is 0 Å². The van der Waals surface area contributed by atoms with Gasteiger partial charge in [0.2, 0.25) is 11.8 Å². The van der Waals surface area contributed by atoms with E-state index in [-0.39, 0.29) is 23.9 Å². The fraction of sp³-hybridized carbons (Fsp3) is 0.364. The monoisotopic (exact) mass is 350 g/mol. The van der Waals surface area contributed by atoms with Crippen molar-refractivity contribution in [3.63, 3.8) is 0 Å². The Morgan fingerprint density at radius 2 is 1.73 bits per heavy atom. The molecule has 0 saturated heterocycles. The summed E-state index contributed by atoms with van der Waals surface area (Å²) in [7, 11) is 0. The van der Waals surface area contributed by atoms with E-state index >= 15 is 0 Å². The van der Waals surface area contributed by atoms with Crippen LogP contribution in [0, 0.1) is 0 Å². The third kappa shape index (κ3) is 3.36. The average Bonchev–Trinajstić information content (AvgIpc) is 2.62. The van der Waals surface area contributed by atoms with Gasteiger partial charge in [0.05, 0.1) is 6.04 Å². The molecule has 0 bridgehead atoms. The highest BCUT2D eigenvalue weighted by molar-refractivity contribution is 5.97. The Labute approximate surface area is 155 Å². The van der Waals surface area contributed by atoms with Gasteiger partial charge in [-0.1, -0.05) is 43.3 Å². The van der Waals surface area contributed by atoms with Gasteiger partial charge in [0.25, 0.3) is 0 Å². The maximum Gasteiger partial charge on any atom is 0.227 e. The second kappa shape index (κ2) is 7.73. The van der Waals surface area contributed by atoms with Crippen molar-refractivity contribution < 1.29 is 9.59 Å². The molecule has 0 radical (unpaired) electrons. The zero-order chi connectivity index (χ0) is 18.7. The van der Waals surface area contributed by atoms with Crippen LogP contribution in [0.25, 0.3) is 0 Å². The molecule has 0 saturated carbocycles. The molecule has 1 aliphatic heterocycles. The molecular weight excluding hydrogens is 324 g/mol. The summed E-state index contributed by atoms with van der Waals surface area (Å²) in [6.07, 6.45) is 2.09. The highest BCUT2D eigenvalue weighted by Gasteiger charge is 2.37. The number of fused-ring (bicyclic) bond motifs is 1. The van der Waals surface area contributed by atoms with Gasteiger partial charge in [0, 0.05) is 30.8 Å². The van der Waals surface area contributed by atoms with E-state index in [2.05, 4.69) is 6.92 Å². The van der Waals surface area contributed by atoms with Gasteiger partial charge >= 0.3 is 0 Å². The van der Waals surface area contributed by atoms with Crippen LogP contribution in [0.3, 0.4) is 0 Å². The van der Waals surface area contributed by atoms with Crippen molar-refractivity contribution in [2.24, 2.45) is 0 Å². The van der Waals surface area contributed by atoms with Crippen molar-refractivity contribution >= 4 is 23.2 Å². The van der Waals surface area contributed by atoms with Gasteiger partial charge in [-0.3, -0.25) is 9.59 Å². The van der Waals surface area contributed by atoms with Crippen LogP contribution in [0.1, 0.15) is 51.6 Å². The van der Waals surface area contributed by atoms with E-state index < -0.39 is 0 Å². The largest absolute Gasteiger partial charge is 0.309 e. The van der Waals surface area contributed by atoms with Gasteiger partial charge in [0.1, 0.15) is 0 Å². The molecule has 0 aliphatic carbocycles. The van der Waals surface area contributed by atoms with Crippen molar-refractivity contribution in [3.05, 3.63) is 60.2 Å². The Balaban J connectivity index is 2.07. The molecular formula is C22H26N2O2. The predicted octanol–water partition coefficient (Wildman–Crippen LogP) is 4.71. The number of hydrogen-bond donors (Lipinski definition) is 0. The Morgan fingerprint density at radius 1 is 1.08 bits per heavy atom. The Bertz CT molecular complexity index is 788. The third-order valence-corrected chi connectivity index (χ3v) is 4.98. The molecule has 0 N–H and O–H groups in total. The Morgan fingerprint density at radius 3 is 2.38 bits per heavy atom. The number of amides is 2. The lowest BCUT2D eigenvalue weighted by molar-refractivity contribution is -0.119. The van der Waals surface area contributed by atoms with Crippen molar-refractivity contribution in [1.82, 2.24) is 0 Å². The number of carbonyl (C=O) groups is 2. The smallest absolute Gasteiger partial charge is 0.227 e. The standard InChI is InChI=1S/C22H26N2O2/c1-4-10-22(26)23-16(2)15-21(19-13-8-9-14-20(19)23)24(17(3)25)18-11-6-5-7-12-18/h5-9,11-14,16,21H,4,10,15H2,1-3H3/t16-,21-/m1/s1. The number of carbonyl (C=O) groups excluding carboxylic acids is 2. The zero-order valence-electron chi connectivity index (χ0n) is 15.7. The second-order valence-electron chi connectivity index (χ2n) is 6.90. The number of benzene rings is 2. The van der Waals surface area contributed by atoms with Gasteiger partial charge in [-0.25, -0.2) is 0 Å². The normalized spacial score (nSPS) is 19.0. The molecule has 0 fully saturated rings. The first-order chi connectivity index (χ1) is 12.5. The summed E-state index contributed by atoms with van der Waals surface area (Å²) in [6, 6.07) is 17.7. The lowest BCUT2D eigenvalue weighted by Gasteiger charge is -2.43. The average molecular weight is 350 g/mol. The molecule has 0 spiro atoms. The van der Waals surface area contributed by atoms with Crippen LogP contribution in [-0.2, 0) is 9.59 Å². The van der Waals surface area contributed by atoms with Crippen molar-refractivity contribution in [2.75, 3.05) is 9.80 Å². The lowest BCUT2D eigenvalue weighted by Crippen LogP contribution is -2.47. The quantitative estimate of drug-likeness (QED) is 0.801. The van der Waals surface area contributed by atoms with Crippen LogP contribution in [0.5, 0.6) is 0 Å². The number of nitrogens with zero attached hydrogens (tertiary/aromatic N) is 2. The summed E-state index contributed by atoms with van der Waals surface area (Å²) < 4.78 is 0. The molecule has 2 atom stereocenters. The molecule has 4 heteroatoms. The molecule has 0 unspecified atom stereocenters. The van der Waals surface area contributed by atoms with E-state index in [4.69, 9.17) is 0 Å². The molecule has 1 aliphatic rings. The summed E-state index contributed by atoms with van der Waals surface area (Å²) in [5.41, 5.74) is 2.85. The first-order valence-corrected chi connectivity index (χ1v) is 9.30. The third-order valence-electron chi connectivity index (χ3n) is 4.98. The van der Waals surface area contributed by atoms with Gasteiger partial charge in [0.15, 0.2) is 0 Å². The number of hydrogen-bond acceptors (Lipinski definition) is 2. The van der Waals surface area contributed by atoms with Gasteiger partial charge < -0.3 is 9.80 Å². The fourth-order valence-corrected chi connectivity index (χ4v) is 3.91. The number of para-hydroxylation sites is 2. The molecule has 0 aromatic heterocycles. The van der Waals surface area contributed by atoms with Crippen LogP contribution in [0.2, 0.25) is 0 Å². The Kier molecular flexibility index (Phi) is 5.40. The van der Waals surface area contributed by atoms with E-state index in [1.165, 1.54) is 0 Å². The summed E-state index contributed by atoms with van der Waals surface area (Å²) in [6.45, 7) is 5.70. The minimum Gasteiger partial charge on any atom is -0.309 e. The maximum atomic E-state index is 12.7. The first-order valence-electron chi connectivity index (χ1n) is 9.30. The van der Waals surface area contributed by atoms with Crippen molar-refractivity contribution in [1.29, 1.82) is 0 Å². The Hall–Kier alpha value is -2.62. The van der Waals surface area contributed by atoms with Gasteiger partial charge in [-0.05, 0) is 43.5 Å². The number of anilines is 2. The molecule has 136 valence electrons. The molecule has 4 nitrogen and oxygen atoms in total. The highest BCUT2D eigenvalue weighted by atomic mass is 16.2. The molecule has 26 heavy (non-hydrogen) atoms. The molecule has 2 aromatic rings. The van der Waals surface area contributed by atoms with Crippen molar-refractivity contribution in [2.45, 2.75) is 52.1 Å². The van der Waals surface area contributed by atoms with E-state index in [9.17, 15) is 9.59 Å². The van der Waals surface area contributed by atoms with Gasteiger partial charge in [-0.15, -0.1) is 0 Å². The second-order valence-corrected chi connectivity index (χ2v) is 6.90. The molecule has 3 rings (SSSR count). The van der Waals surface area contributed by atoms with E-state index in [1.807, 2.05) is 71.3 Å². The van der Waals surface area contributed by atoms with Crippen LogP contribution >= 0.6 is 0 Å². The van der Waals surface area contributed by atoms with Crippen LogP contribution in [-0.4, -0.2) is 17.9 Å². The minimum atomic E-state index is -0.0771. The van der Waals surface area contributed by atoms with E-state index in [1.54, 1.807) is 6.92 Å². The fourth-order valence-electron chi connectivity index (χ4n) is 3.91. The molecule has 2 aromatic carbocycles. The summed E-state index contributed by atoms with van der Waals surface area (Å²) in [5.74, 6) is 0.163. The van der Waals surface area contributed by atoms with E-state index in [0.29, 0.717) is 6.42 Å². The zero-order valence-corrected chi connectivity index (χ0v) is 15.7. The summed E-state index contributed by atoms with van der Waals surface area (Å²) in [5, 5.41) is 0.